The molecule has 2 rings (SSSR count). The third-order valence-electron chi connectivity index (χ3n) is 3.42. The van der Waals surface area contributed by atoms with Crippen LogP contribution in [0.25, 0.3) is 0 Å². The van der Waals surface area contributed by atoms with Crippen LogP contribution in [0.2, 0.25) is 0 Å². The third kappa shape index (κ3) is 4.23. The number of amides is 1. The summed E-state index contributed by atoms with van der Waals surface area (Å²) in [7, 11) is 0. The number of hydrogen-bond acceptors (Lipinski definition) is 2. The van der Waals surface area contributed by atoms with E-state index in [2.05, 4.69) is 6.92 Å². The normalized spacial score (nSPS) is 19.5. The zero-order valence-electron chi connectivity index (χ0n) is 11.3. The lowest BCUT2D eigenvalue weighted by Crippen LogP contribution is -2.39. The van der Waals surface area contributed by atoms with Gasteiger partial charge in [0.15, 0.2) is 0 Å². The molecule has 1 unspecified atom stereocenters. The van der Waals surface area contributed by atoms with Crippen LogP contribution in [-0.4, -0.2) is 29.6 Å². The van der Waals surface area contributed by atoms with Crippen LogP contribution in [-0.2, 0) is 4.79 Å². The molecule has 0 bridgehead atoms. The second-order valence-corrected chi connectivity index (χ2v) is 6.25. The number of carbonyl (C=O) groups excluding carboxylic acids is 1. The summed E-state index contributed by atoms with van der Waals surface area (Å²) in [4.78, 5) is 14.6. The van der Waals surface area contributed by atoms with Gasteiger partial charge in [-0.15, -0.1) is 11.8 Å². The van der Waals surface area contributed by atoms with Crippen LogP contribution in [0.3, 0.4) is 0 Å². The minimum Gasteiger partial charge on any atom is -0.342 e. The molecule has 1 amide bonds. The van der Waals surface area contributed by atoms with Crippen molar-refractivity contribution in [3.05, 3.63) is 30.1 Å². The first-order valence-corrected chi connectivity index (χ1v) is 7.80. The first-order chi connectivity index (χ1) is 9.16. The molecule has 0 saturated carbocycles. The number of piperidine rings is 1. The fourth-order valence-corrected chi connectivity index (χ4v) is 3.26. The van der Waals surface area contributed by atoms with E-state index in [0.717, 1.165) is 19.5 Å². The summed E-state index contributed by atoms with van der Waals surface area (Å²) in [5, 5.41) is 0. The van der Waals surface area contributed by atoms with E-state index in [1.165, 1.54) is 24.2 Å². The lowest BCUT2D eigenvalue weighted by molar-refractivity contribution is -0.132. The predicted molar refractivity (Wildman–Crippen MR) is 76.7 cm³/mol. The maximum absolute atomic E-state index is 13.4. The molecule has 0 aliphatic carbocycles. The Morgan fingerprint density at radius 3 is 3.00 bits per heavy atom. The number of rotatable bonds is 4. The number of carbonyl (C=O) groups is 1. The van der Waals surface area contributed by atoms with Crippen molar-refractivity contribution in [1.29, 1.82) is 0 Å². The van der Waals surface area contributed by atoms with Gasteiger partial charge in [0.2, 0.25) is 5.91 Å². The van der Waals surface area contributed by atoms with Gasteiger partial charge in [0.1, 0.15) is 5.82 Å². The smallest absolute Gasteiger partial charge is 0.223 e. The average molecular weight is 281 g/mol. The second-order valence-electron chi connectivity index (χ2n) is 5.12. The number of halogens is 1. The zero-order valence-corrected chi connectivity index (χ0v) is 12.1. The van der Waals surface area contributed by atoms with Crippen LogP contribution in [0.4, 0.5) is 4.39 Å². The molecule has 1 aromatic rings. The summed E-state index contributed by atoms with van der Waals surface area (Å²) >= 11 is 1.42. The highest BCUT2D eigenvalue weighted by atomic mass is 32.2. The summed E-state index contributed by atoms with van der Waals surface area (Å²) in [6.07, 6.45) is 2.81. The molecule has 1 saturated heterocycles. The molecule has 1 aromatic carbocycles. The third-order valence-corrected chi connectivity index (χ3v) is 4.47. The Morgan fingerprint density at radius 1 is 1.47 bits per heavy atom. The molecule has 104 valence electrons. The predicted octanol–water partition coefficient (Wildman–Crippen LogP) is 3.57. The lowest BCUT2D eigenvalue weighted by atomic mass is 10.0. The van der Waals surface area contributed by atoms with E-state index in [9.17, 15) is 9.18 Å². The Labute approximate surface area is 118 Å². The van der Waals surface area contributed by atoms with Crippen molar-refractivity contribution in [3.63, 3.8) is 0 Å². The van der Waals surface area contributed by atoms with Gasteiger partial charge in [-0.1, -0.05) is 19.1 Å². The Balaban J connectivity index is 1.76. The highest BCUT2D eigenvalue weighted by Gasteiger charge is 2.20. The van der Waals surface area contributed by atoms with Gasteiger partial charge in [0.25, 0.3) is 0 Å². The van der Waals surface area contributed by atoms with Crippen LogP contribution in [0.1, 0.15) is 26.2 Å². The number of thioether (sulfide) groups is 1. The van der Waals surface area contributed by atoms with Crippen LogP contribution in [0, 0.1) is 11.7 Å². The first-order valence-electron chi connectivity index (χ1n) is 6.82. The average Bonchev–Trinajstić information content (AvgIpc) is 2.41. The maximum Gasteiger partial charge on any atom is 0.223 e. The van der Waals surface area contributed by atoms with Gasteiger partial charge in [-0.05, 0) is 30.9 Å². The quantitative estimate of drug-likeness (QED) is 0.786. The van der Waals surface area contributed by atoms with Crippen molar-refractivity contribution in [2.24, 2.45) is 5.92 Å². The lowest BCUT2D eigenvalue weighted by Gasteiger charge is -2.31. The molecule has 19 heavy (non-hydrogen) atoms. The largest absolute Gasteiger partial charge is 0.342 e. The van der Waals surface area contributed by atoms with Crippen LogP contribution in [0.5, 0.6) is 0 Å². The van der Waals surface area contributed by atoms with Crippen molar-refractivity contribution in [3.8, 4) is 0 Å². The Kier molecular flexibility index (Phi) is 5.25. The highest BCUT2D eigenvalue weighted by Crippen LogP contribution is 2.23. The number of hydrogen-bond donors (Lipinski definition) is 0. The number of likely N-dealkylation sites (tertiary alicyclic amines) is 1. The van der Waals surface area contributed by atoms with E-state index in [1.807, 2.05) is 11.0 Å². The highest BCUT2D eigenvalue weighted by molar-refractivity contribution is 7.99. The van der Waals surface area contributed by atoms with E-state index >= 15 is 0 Å². The molecule has 0 aromatic heterocycles. The fraction of sp³-hybridized carbons (Fsp3) is 0.533. The zero-order chi connectivity index (χ0) is 13.7. The second kappa shape index (κ2) is 6.94. The molecule has 1 aliphatic rings. The molecular weight excluding hydrogens is 261 g/mol. The van der Waals surface area contributed by atoms with Gasteiger partial charge in [0, 0.05) is 30.2 Å². The van der Waals surface area contributed by atoms with Crippen molar-refractivity contribution < 1.29 is 9.18 Å². The van der Waals surface area contributed by atoms with Gasteiger partial charge in [-0.2, -0.15) is 0 Å². The van der Waals surface area contributed by atoms with Crippen LogP contribution in [0.15, 0.2) is 29.2 Å². The van der Waals surface area contributed by atoms with E-state index in [1.54, 1.807) is 12.1 Å². The Hall–Kier alpha value is -1.03. The Bertz CT molecular complexity index is 438. The molecule has 1 aliphatic heterocycles. The van der Waals surface area contributed by atoms with E-state index in [0.29, 0.717) is 23.0 Å². The Morgan fingerprint density at radius 2 is 2.26 bits per heavy atom. The molecule has 0 radical (unpaired) electrons. The molecular formula is C15H20FNOS. The minimum absolute atomic E-state index is 0.202. The van der Waals surface area contributed by atoms with Crippen molar-refractivity contribution in [2.75, 3.05) is 18.8 Å². The van der Waals surface area contributed by atoms with Gasteiger partial charge in [-0.3, -0.25) is 4.79 Å². The summed E-state index contributed by atoms with van der Waals surface area (Å²) in [5.74, 6) is 1.25. The fourth-order valence-electron chi connectivity index (χ4n) is 2.38. The summed E-state index contributed by atoms with van der Waals surface area (Å²) in [6, 6.07) is 6.71. The number of benzene rings is 1. The van der Waals surface area contributed by atoms with Gasteiger partial charge >= 0.3 is 0 Å². The monoisotopic (exact) mass is 281 g/mol. The van der Waals surface area contributed by atoms with E-state index < -0.39 is 0 Å². The molecule has 4 heteroatoms. The molecule has 1 atom stereocenters. The first kappa shape index (κ1) is 14.4. The molecule has 1 fully saturated rings. The topological polar surface area (TPSA) is 20.3 Å². The summed E-state index contributed by atoms with van der Waals surface area (Å²) < 4.78 is 13.4. The summed E-state index contributed by atoms with van der Waals surface area (Å²) in [6.45, 7) is 3.95. The standard InChI is InChI=1S/C15H20FNOS/c1-12-5-4-9-17(11-12)15(18)8-10-19-14-7-3-2-6-13(14)16/h2-3,6-7,12H,4-5,8-11H2,1H3. The maximum atomic E-state index is 13.4. The minimum atomic E-state index is -0.202. The van der Waals surface area contributed by atoms with E-state index in [-0.39, 0.29) is 11.7 Å². The number of nitrogens with zero attached hydrogens (tertiary/aromatic N) is 1. The van der Waals surface area contributed by atoms with Crippen LogP contribution >= 0.6 is 11.8 Å². The van der Waals surface area contributed by atoms with Gasteiger partial charge < -0.3 is 4.90 Å². The van der Waals surface area contributed by atoms with Crippen LogP contribution < -0.4 is 0 Å². The van der Waals surface area contributed by atoms with Gasteiger partial charge in [0.05, 0.1) is 0 Å². The molecule has 2 nitrogen and oxygen atoms in total. The van der Waals surface area contributed by atoms with Crippen molar-refractivity contribution >= 4 is 17.7 Å². The van der Waals surface area contributed by atoms with Gasteiger partial charge in [-0.25, -0.2) is 4.39 Å². The summed E-state index contributed by atoms with van der Waals surface area (Å²) in [5.41, 5.74) is 0. The molecule has 0 N–H and O–H groups in total. The van der Waals surface area contributed by atoms with E-state index in [4.69, 9.17) is 0 Å². The molecule has 0 spiro atoms. The van der Waals surface area contributed by atoms with Crippen molar-refractivity contribution in [1.82, 2.24) is 4.90 Å². The molecule has 1 heterocycles. The SMILES string of the molecule is CC1CCCN(C(=O)CCSc2ccccc2F)C1. The van der Waals surface area contributed by atoms with Crippen molar-refractivity contribution in [2.45, 2.75) is 31.1 Å².